The first-order chi connectivity index (χ1) is 34.5. The summed E-state index contributed by atoms with van der Waals surface area (Å²) in [6, 6.07) is 16.6. The molecule has 2 aromatic rings. The Morgan fingerprint density at radius 3 is 1.89 bits per heavy atom. The molecule has 0 bridgehead atoms. The molecule has 0 radical (unpaired) electrons. The van der Waals surface area contributed by atoms with E-state index in [-0.39, 0.29) is 25.0 Å². The van der Waals surface area contributed by atoms with Crippen LogP contribution in [0.25, 0.3) is 0 Å². The SMILES string of the molecule is CC[C@H]1OC(=O)[C@H](C)[C@@H](O[C@H]2C[C@@](C)(OC)[C@@H](OC(=O)c3ccccc3)[C@H](C)O2)[C@H](C)[C@@H](OC2O[C@H](C)C[C@H](N(C)C)[C@H]2OC(=O)c2ccccc2)[C@](C)(O)C[C@H](C)/C(=N\OC(=O)C(C)(C)C)[C@H](C)[C@@H](O)[C@]1(C)O. The fourth-order valence-corrected chi connectivity index (χ4v) is 10.7. The van der Waals surface area contributed by atoms with Gasteiger partial charge in [0.1, 0.15) is 17.3 Å². The third kappa shape index (κ3) is 14.2. The molecular formula is C56H84N2O16. The van der Waals surface area contributed by atoms with Gasteiger partial charge in [0.25, 0.3) is 0 Å². The number of ether oxygens (including phenoxy) is 8. The molecule has 1 unspecified atom stereocenters. The van der Waals surface area contributed by atoms with Crippen molar-refractivity contribution in [3.05, 3.63) is 71.8 Å². The van der Waals surface area contributed by atoms with Crippen molar-refractivity contribution in [3.63, 3.8) is 0 Å². The molecule has 3 fully saturated rings. The van der Waals surface area contributed by atoms with Gasteiger partial charge in [-0.3, -0.25) is 4.79 Å². The summed E-state index contributed by atoms with van der Waals surface area (Å²) in [4.78, 5) is 62.8. The highest BCUT2D eigenvalue weighted by Crippen LogP contribution is 2.42. The number of hydrogen-bond acceptors (Lipinski definition) is 18. The molecule has 3 saturated heterocycles. The maximum atomic E-state index is 14.8. The van der Waals surface area contributed by atoms with Gasteiger partial charge in [-0.25, -0.2) is 14.4 Å². The number of methoxy groups -OCH3 is 1. The van der Waals surface area contributed by atoms with Crippen LogP contribution >= 0.6 is 0 Å². The van der Waals surface area contributed by atoms with Crippen LogP contribution in [0.1, 0.15) is 136 Å². The summed E-state index contributed by atoms with van der Waals surface area (Å²) in [5, 5.41) is 41.9. The Bertz CT molecular complexity index is 2220. The van der Waals surface area contributed by atoms with Gasteiger partial charge >= 0.3 is 23.9 Å². The highest BCUT2D eigenvalue weighted by molar-refractivity contribution is 5.90. The lowest BCUT2D eigenvalue weighted by Gasteiger charge is -2.49. The van der Waals surface area contributed by atoms with E-state index in [9.17, 15) is 34.5 Å². The van der Waals surface area contributed by atoms with Gasteiger partial charge in [0, 0.05) is 31.3 Å². The summed E-state index contributed by atoms with van der Waals surface area (Å²) >= 11 is 0. The number of benzene rings is 2. The van der Waals surface area contributed by atoms with Gasteiger partial charge in [0.15, 0.2) is 24.8 Å². The molecule has 0 spiro atoms. The Balaban J connectivity index is 1.67. The van der Waals surface area contributed by atoms with Crippen molar-refractivity contribution in [2.24, 2.45) is 34.2 Å². The van der Waals surface area contributed by atoms with E-state index in [1.807, 2.05) is 25.9 Å². The summed E-state index contributed by atoms with van der Waals surface area (Å²) in [5.41, 5.74) is -5.42. The Kier molecular flexibility index (Phi) is 20.2. The molecule has 0 saturated carbocycles. The fourth-order valence-electron chi connectivity index (χ4n) is 10.7. The van der Waals surface area contributed by atoms with E-state index >= 15 is 0 Å². The standard InChI is InChI=1S/C56H84N2O16/c1-17-40-56(13,65)45(59)33(4)42(57-74-52(63)53(8,9)10)31(2)29-54(11,64)46(73-51-44(39(58(14)15)28-32(3)67-51)71-49(61)37-24-20-18-21-25-37)34(5)43(35(6)48(60)69-40)70-41-30-55(12,66-16)47(36(7)68-41)72-50(62)38-26-22-19-23-27-38/h18-27,31-36,39-41,43-47,51,59,64-65H,17,28-30H2,1-16H3/b57-42+/t31-,32+,33-,34-,35+,36-,39-,40+,41-,43-,44+,45+,46+,47-,51?,54+,55+,56+/m0/s1. The minimum Gasteiger partial charge on any atom is -0.459 e. The quantitative estimate of drug-likeness (QED) is 0.0851. The summed E-state index contributed by atoms with van der Waals surface area (Å²) in [6.07, 6.45) is -10.8. The van der Waals surface area contributed by atoms with E-state index in [4.69, 9.17) is 42.7 Å². The maximum Gasteiger partial charge on any atom is 0.340 e. The zero-order valence-electron chi connectivity index (χ0n) is 46.3. The highest BCUT2D eigenvalue weighted by Gasteiger charge is 2.55. The first-order valence-corrected chi connectivity index (χ1v) is 25.9. The van der Waals surface area contributed by atoms with Crippen LogP contribution in [0, 0.1) is 29.1 Å². The number of likely N-dealkylation sites (N-methyl/N-ethyl adjacent to an activating group) is 1. The van der Waals surface area contributed by atoms with E-state index in [2.05, 4.69) is 5.16 Å². The monoisotopic (exact) mass is 1040 g/mol. The normalized spacial score (nSPS) is 38.4. The molecule has 18 nitrogen and oxygen atoms in total. The van der Waals surface area contributed by atoms with Crippen LogP contribution in [0.4, 0.5) is 0 Å². The number of cyclic esters (lactones) is 1. The molecule has 2 aromatic carbocycles. The Morgan fingerprint density at radius 2 is 1.36 bits per heavy atom. The third-order valence-corrected chi connectivity index (χ3v) is 15.1. The van der Waals surface area contributed by atoms with Crippen LogP contribution < -0.4 is 0 Å². The van der Waals surface area contributed by atoms with Gasteiger partial charge in [-0.15, -0.1) is 0 Å². The van der Waals surface area contributed by atoms with E-state index in [0.29, 0.717) is 17.5 Å². The number of esters is 3. The molecule has 0 aromatic heterocycles. The minimum atomic E-state index is -2.09. The zero-order chi connectivity index (χ0) is 55.2. The van der Waals surface area contributed by atoms with Crippen molar-refractivity contribution in [1.29, 1.82) is 0 Å². The van der Waals surface area contributed by atoms with Gasteiger partial charge in [-0.05, 0) is 120 Å². The van der Waals surface area contributed by atoms with Crippen LogP contribution in [-0.2, 0) is 52.3 Å². The smallest absolute Gasteiger partial charge is 0.340 e. The second kappa shape index (κ2) is 24.7. The maximum absolute atomic E-state index is 14.8. The number of aliphatic hydroxyl groups is 3. The Morgan fingerprint density at radius 1 is 0.797 bits per heavy atom. The predicted molar refractivity (Wildman–Crippen MR) is 274 cm³/mol. The van der Waals surface area contributed by atoms with E-state index in [0.717, 1.165) is 0 Å². The number of hydrogen-bond donors (Lipinski definition) is 3. The van der Waals surface area contributed by atoms with Crippen LogP contribution in [0.5, 0.6) is 0 Å². The van der Waals surface area contributed by atoms with Gasteiger partial charge in [-0.1, -0.05) is 69.2 Å². The summed E-state index contributed by atoms with van der Waals surface area (Å²) in [7, 11) is 5.21. The van der Waals surface area contributed by atoms with Gasteiger partial charge in [0.05, 0.1) is 70.3 Å². The number of carbonyl (C=O) groups excluding carboxylic acids is 4. The first kappa shape index (κ1) is 60.5. The highest BCUT2D eigenvalue weighted by atomic mass is 16.7. The lowest BCUT2D eigenvalue weighted by molar-refractivity contribution is -0.317. The molecule has 5 rings (SSSR count). The average Bonchev–Trinajstić information content (AvgIpc) is 3.34. The third-order valence-electron chi connectivity index (χ3n) is 15.1. The number of rotatable bonds is 12. The van der Waals surface area contributed by atoms with Crippen LogP contribution in [0.3, 0.4) is 0 Å². The average molecular weight is 1040 g/mol. The van der Waals surface area contributed by atoms with Crippen LogP contribution in [-0.4, -0.2) is 155 Å². The van der Waals surface area contributed by atoms with Crippen molar-refractivity contribution in [2.45, 2.75) is 200 Å². The van der Waals surface area contributed by atoms with E-state index < -0.39 is 137 Å². The molecular weight excluding hydrogens is 957 g/mol. The Hall–Kier alpha value is -4.37. The van der Waals surface area contributed by atoms with Gasteiger partial charge in [0.2, 0.25) is 0 Å². The number of aliphatic hydroxyl groups excluding tert-OH is 1. The largest absolute Gasteiger partial charge is 0.459 e. The van der Waals surface area contributed by atoms with Crippen molar-refractivity contribution in [2.75, 3.05) is 21.2 Å². The second-order valence-electron chi connectivity index (χ2n) is 22.7. The molecule has 18 heteroatoms. The fraction of sp³-hybridized carbons (Fsp3) is 0.696. The zero-order valence-corrected chi connectivity index (χ0v) is 46.3. The van der Waals surface area contributed by atoms with Crippen molar-refractivity contribution in [1.82, 2.24) is 4.90 Å². The first-order valence-electron chi connectivity index (χ1n) is 25.9. The Labute approximate surface area is 437 Å². The summed E-state index contributed by atoms with van der Waals surface area (Å²) in [6.45, 7) is 21.7. The molecule has 74 heavy (non-hydrogen) atoms. The van der Waals surface area contributed by atoms with Crippen LogP contribution in [0.2, 0.25) is 0 Å². The number of carbonyl (C=O) groups is 4. The van der Waals surface area contributed by atoms with Crippen molar-refractivity contribution < 1.29 is 77.2 Å². The van der Waals surface area contributed by atoms with Crippen molar-refractivity contribution in [3.8, 4) is 0 Å². The second-order valence-corrected chi connectivity index (χ2v) is 22.7. The van der Waals surface area contributed by atoms with Gasteiger partial charge in [-0.2, -0.15) is 0 Å². The molecule has 3 N–H and O–H groups in total. The predicted octanol–water partition coefficient (Wildman–Crippen LogP) is 6.89. The number of nitrogens with zero attached hydrogens (tertiary/aromatic N) is 2. The molecule has 3 aliphatic rings. The lowest BCUT2D eigenvalue weighted by atomic mass is 9.73. The van der Waals surface area contributed by atoms with Crippen molar-refractivity contribution >= 4 is 29.6 Å². The topological polar surface area (TPSA) is 228 Å². The lowest BCUT2D eigenvalue weighted by Crippen LogP contribution is -2.62. The summed E-state index contributed by atoms with van der Waals surface area (Å²) in [5.74, 6) is -6.69. The minimum absolute atomic E-state index is 0.000715. The summed E-state index contributed by atoms with van der Waals surface area (Å²) < 4.78 is 51.8. The number of oxime groups is 1. The molecule has 3 heterocycles. The van der Waals surface area contributed by atoms with E-state index in [1.54, 1.807) is 137 Å². The van der Waals surface area contributed by atoms with Gasteiger partial charge < -0.3 is 63.0 Å². The molecule has 3 aliphatic heterocycles. The molecule has 0 aliphatic carbocycles. The molecule has 414 valence electrons. The van der Waals surface area contributed by atoms with E-state index in [1.165, 1.54) is 14.0 Å². The molecule has 0 amide bonds. The molecule has 18 atom stereocenters. The van der Waals surface area contributed by atoms with Crippen LogP contribution in [0.15, 0.2) is 65.8 Å².